The van der Waals surface area contributed by atoms with Gasteiger partial charge in [-0.25, -0.2) is 4.39 Å². The van der Waals surface area contributed by atoms with Crippen molar-refractivity contribution in [3.8, 4) is 11.3 Å². The molecule has 4 nitrogen and oxygen atoms in total. The highest BCUT2D eigenvalue weighted by atomic mass is 19.1. The van der Waals surface area contributed by atoms with Crippen LogP contribution in [0.5, 0.6) is 0 Å². The number of benzene rings is 1. The number of amides is 1. The van der Waals surface area contributed by atoms with Crippen molar-refractivity contribution in [3.05, 3.63) is 48.2 Å². The molecule has 1 aromatic heterocycles. The molecule has 2 aromatic rings. The van der Waals surface area contributed by atoms with E-state index < -0.39 is 0 Å². The first-order chi connectivity index (χ1) is 11.1. The van der Waals surface area contributed by atoms with Crippen LogP contribution < -0.4 is 0 Å². The molecule has 2 heterocycles. The van der Waals surface area contributed by atoms with E-state index >= 15 is 0 Å². The summed E-state index contributed by atoms with van der Waals surface area (Å²) in [7, 11) is 0. The summed E-state index contributed by atoms with van der Waals surface area (Å²) in [5.41, 5.74) is 2.58. The van der Waals surface area contributed by atoms with Crippen molar-refractivity contribution >= 4 is 5.91 Å². The number of likely N-dealkylation sites (tertiary alicyclic amines) is 1. The first-order valence-corrected chi connectivity index (χ1v) is 7.95. The van der Waals surface area contributed by atoms with Crippen LogP contribution in [0.1, 0.15) is 25.5 Å². The number of carbonyl (C=O) groups excluding carboxylic acids is 1. The summed E-state index contributed by atoms with van der Waals surface area (Å²) in [6.07, 6.45) is 6.24. The molecule has 0 spiro atoms. The maximum absolute atomic E-state index is 13.1. The summed E-state index contributed by atoms with van der Waals surface area (Å²) in [5.74, 6) is 0.264. The molecule has 1 aliphatic heterocycles. The Morgan fingerprint density at radius 3 is 2.74 bits per heavy atom. The molecule has 5 heteroatoms. The van der Waals surface area contributed by atoms with E-state index in [1.807, 2.05) is 4.90 Å². The first-order valence-electron chi connectivity index (χ1n) is 7.95. The van der Waals surface area contributed by atoms with Gasteiger partial charge in [-0.2, -0.15) is 0 Å². The Balaban J connectivity index is 1.80. The van der Waals surface area contributed by atoms with E-state index in [1.54, 1.807) is 31.5 Å². The standard InChI is InChI=1S/C18H20FN3O/c1-13(23)22-10-2-3-14(12-22)11-17-18(21-9-8-20-17)15-4-6-16(19)7-5-15/h4-9,14H,2-3,10-12H2,1H3/t14-/m1/s1. The quantitative estimate of drug-likeness (QED) is 0.875. The van der Waals surface area contributed by atoms with Crippen molar-refractivity contribution in [2.75, 3.05) is 13.1 Å². The lowest BCUT2D eigenvalue weighted by molar-refractivity contribution is -0.130. The molecule has 0 unspecified atom stereocenters. The van der Waals surface area contributed by atoms with Gasteiger partial charge in [0.2, 0.25) is 5.91 Å². The fraction of sp³-hybridized carbons (Fsp3) is 0.389. The lowest BCUT2D eigenvalue weighted by atomic mass is 9.91. The maximum atomic E-state index is 13.1. The zero-order valence-corrected chi connectivity index (χ0v) is 13.2. The third-order valence-corrected chi connectivity index (χ3v) is 4.34. The first kappa shape index (κ1) is 15.6. The number of halogens is 1. The Morgan fingerprint density at radius 2 is 2.00 bits per heavy atom. The molecule has 1 atom stereocenters. The molecular weight excluding hydrogens is 293 g/mol. The van der Waals surface area contributed by atoms with E-state index in [2.05, 4.69) is 9.97 Å². The average Bonchev–Trinajstić information content (AvgIpc) is 2.56. The fourth-order valence-electron chi connectivity index (χ4n) is 3.16. The molecule has 1 fully saturated rings. The molecule has 0 N–H and O–H groups in total. The van der Waals surface area contributed by atoms with Gasteiger partial charge in [-0.05, 0) is 49.4 Å². The van der Waals surface area contributed by atoms with Crippen LogP contribution in [0.4, 0.5) is 4.39 Å². The number of carbonyl (C=O) groups is 1. The van der Waals surface area contributed by atoms with E-state index in [-0.39, 0.29) is 11.7 Å². The summed E-state index contributed by atoms with van der Waals surface area (Å²) in [6, 6.07) is 6.33. The molecule has 0 radical (unpaired) electrons. The van der Waals surface area contributed by atoms with Gasteiger partial charge in [0.1, 0.15) is 5.82 Å². The summed E-state index contributed by atoms with van der Waals surface area (Å²) < 4.78 is 13.1. The summed E-state index contributed by atoms with van der Waals surface area (Å²) in [6.45, 7) is 3.24. The van der Waals surface area contributed by atoms with E-state index in [0.717, 1.165) is 49.3 Å². The number of nitrogens with zero attached hydrogens (tertiary/aromatic N) is 3. The molecule has 1 amide bonds. The number of hydrogen-bond donors (Lipinski definition) is 0. The predicted molar refractivity (Wildman–Crippen MR) is 86.1 cm³/mol. The summed E-state index contributed by atoms with van der Waals surface area (Å²) in [4.78, 5) is 22.4. The second-order valence-electron chi connectivity index (χ2n) is 6.04. The van der Waals surface area contributed by atoms with Crippen LogP contribution in [0.25, 0.3) is 11.3 Å². The zero-order valence-electron chi connectivity index (χ0n) is 13.2. The topological polar surface area (TPSA) is 46.1 Å². The van der Waals surface area contributed by atoms with Crippen LogP contribution in [0.15, 0.2) is 36.7 Å². The van der Waals surface area contributed by atoms with Crippen molar-refractivity contribution in [2.24, 2.45) is 5.92 Å². The summed E-state index contributed by atoms with van der Waals surface area (Å²) >= 11 is 0. The van der Waals surface area contributed by atoms with Gasteiger partial charge < -0.3 is 4.90 Å². The molecular formula is C18H20FN3O. The molecule has 0 aliphatic carbocycles. The Labute approximate surface area is 135 Å². The highest BCUT2D eigenvalue weighted by Gasteiger charge is 2.23. The highest BCUT2D eigenvalue weighted by Crippen LogP contribution is 2.25. The molecule has 0 bridgehead atoms. The maximum Gasteiger partial charge on any atom is 0.219 e. The van der Waals surface area contributed by atoms with Gasteiger partial charge in [-0.3, -0.25) is 14.8 Å². The fourth-order valence-corrected chi connectivity index (χ4v) is 3.16. The predicted octanol–water partition coefficient (Wildman–Crippen LogP) is 3.08. The number of hydrogen-bond acceptors (Lipinski definition) is 3. The Morgan fingerprint density at radius 1 is 1.26 bits per heavy atom. The minimum Gasteiger partial charge on any atom is -0.343 e. The van der Waals surface area contributed by atoms with Crippen LogP contribution in [0.2, 0.25) is 0 Å². The van der Waals surface area contributed by atoms with Crippen LogP contribution in [0.3, 0.4) is 0 Å². The minimum atomic E-state index is -0.261. The third kappa shape index (κ3) is 3.73. The van der Waals surface area contributed by atoms with E-state index in [0.29, 0.717) is 5.92 Å². The second kappa shape index (κ2) is 6.86. The van der Waals surface area contributed by atoms with Crippen molar-refractivity contribution < 1.29 is 9.18 Å². The van der Waals surface area contributed by atoms with Gasteiger partial charge in [0.05, 0.1) is 11.4 Å². The van der Waals surface area contributed by atoms with Crippen LogP contribution in [-0.2, 0) is 11.2 Å². The lowest BCUT2D eigenvalue weighted by Gasteiger charge is -2.32. The molecule has 1 aliphatic rings. The molecule has 23 heavy (non-hydrogen) atoms. The molecule has 0 saturated carbocycles. The normalized spacial score (nSPS) is 18.0. The Kier molecular flexibility index (Phi) is 4.65. The van der Waals surface area contributed by atoms with E-state index in [4.69, 9.17) is 0 Å². The molecule has 1 saturated heterocycles. The second-order valence-corrected chi connectivity index (χ2v) is 6.04. The van der Waals surface area contributed by atoms with Crippen molar-refractivity contribution in [1.29, 1.82) is 0 Å². The van der Waals surface area contributed by atoms with Gasteiger partial charge in [-0.1, -0.05) is 0 Å². The smallest absolute Gasteiger partial charge is 0.219 e. The minimum absolute atomic E-state index is 0.132. The van der Waals surface area contributed by atoms with E-state index in [1.165, 1.54) is 12.1 Å². The van der Waals surface area contributed by atoms with Crippen molar-refractivity contribution in [3.63, 3.8) is 0 Å². The zero-order chi connectivity index (χ0) is 16.2. The van der Waals surface area contributed by atoms with Gasteiger partial charge in [0, 0.05) is 38.0 Å². The molecule has 3 rings (SSSR count). The largest absolute Gasteiger partial charge is 0.343 e. The summed E-state index contributed by atoms with van der Waals surface area (Å²) in [5, 5.41) is 0. The van der Waals surface area contributed by atoms with Gasteiger partial charge in [0.15, 0.2) is 0 Å². The third-order valence-electron chi connectivity index (χ3n) is 4.34. The van der Waals surface area contributed by atoms with Crippen LogP contribution in [0, 0.1) is 11.7 Å². The van der Waals surface area contributed by atoms with Gasteiger partial charge >= 0.3 is 0 Å². The van der Waals surface area contributed by atoms with Crippen LogP contribution in [-0.4, -0.2) is 33.9 Å². The molecule has 120 valence electrons. The van der Waals surface area contributed by atoms with Crippen molar-refractivity contribution in [1.82, 2.24) is 14.9 Å². The highest BCUT2D eigenvalue weighted by molar-refractivity contribution is 5.73. The van der Waals surface area contributed by atoms with E-state index in [9.17, 15) is 9.18 Å². The number of piperidine rings is 1. The SMILES string of the molecule is CC(=O)N1CCC[C@H](Cc2nccnc2-c2ccc(F)cc2)C1. The average molecular weight is 313 g/mol. The molecule has 1 aromatic carbocycles. The lowest BCUT2D eigenvalue weighted by Crippen LogP contribution is -2.39. The number of aromatic nitrogens is 2. The number of rotatable bonds is 3. The van der Waals surface area contributed by atoms with Gasteiger partial charge in [-0.15, -0.1) is 0 Å². The van der Waals surface area contributed by atoms with Gasteiger partial charge in [0.25, 0.3) is 0 Å². The Hall–Kier alpha value is -2.30. The Bertz CT molecular complexity index is 687. The monoisotopic (exact) mass is 313 g/mol. The van der Waals surface area contributed by atoms with Crippen molar-refractivity contribution in [2.45, 2.75) is 26.2 Å². The van der Waals surface area contributed by atoms with Crippen LogP contribution >= 0.6 is 0 Å².